The summed E-state index contributed by atoms with van der Waals surface area (Å²) in [6.45, 7) is 3.22. The van der Waals surface area contributed by atoms with E-state index in [0.29, 0.717) is 44.8 Å². The highest BCUT2D eigenvalue weighted by Gasteiger charge is 2.24. The fraction of sp³-hybridized carbons (Fsp3) is 0.333. The van der Waals surface area contributed by atoms with Crippen molar-refractivity contribution in [2.75, 3.05) is 39.8 Å². The highest BCUT2D eigenvalue weighted by molar-refractivity contribution is 5.94. The third-order valence-electron chi connectivity index (χ3n) is 4.77. The summed E-state index contributed by atoms with van der Waals surface area (Å²) < 4.78 is 13.3. The van der Waals surface area contributed by atoms with E-state index in [2.05, 4.69) is 4.90 Å². The first-order chi connectivity index (χ1) is 13.0. The summed E-state index contributed by atoms with van der Waals surface area (Å²) >= 11 is 0. The van der Waals surface area contributed by atoms with E-state index in [1.807, 2.05) is 35.2 Å². The van der Waals surface area contributed by atoms with Crippen molar-refractivity contribution in [3.63, 3.8) is 0 Å². The molecule has 5 nitrogen and oxygen atoms in total. The lowest BCUT2D eigenvalue weighted by Crippen LogP contribution is -2.51. The molecule has 2 aromatic carbocycles. The molecule has 2 amide bonds. The molecule has 0 radical (unpaired) electrons. The van der Waals surface area contributed by atoms with Crippen LogP contribution in [-0.4, -0.2) is 66.3 Å². The number of carbonyl (C=O) groups excluding carboxylic acids is 2. The van der Waals surface area contributed by atoms with E-state index >= 15 is 0 Å². The second kappa shape index (κ2) is 8.77. The third kappa shape index (κ3) is 5.14. The third-order valence-corrected chi connectivity index (χ3v) is 4.77. The fourth-order valence-corrected chi connectivity index (χ4v) is 3.18. The molecule has 142 valence electrons. The van der Waals surface area contributed by atoms with Gasteiger partial charge in [-0.05, 0) is 29.8 Å². The van der Waals surface area contributed by atoms with Gasteiger partial charge in [0.25, 0.3) is 5.91 Å². The highest BCUT2D eigenvalue weighted by Crippen LogP contribution is 2.10. The molecule has 1 aliphatic heterocycles. The zero-order chi connectivity index (χ0) is 19.2. The lowest BCUT2D eigenvalue weighted by atomic mass is 10.2. The zero-order valence-corrected chi connectivity index (χ0v) is 15.5. The van der Waals surface area contributed by atoms with Crippen LogP contribution < -0.4 is 0 Å². The van der Waals surface area contributed by atoms with Crippen LogP contribution in [0.3, 0.4) is 0 Å². The maximum absolute atomic E-state index is 13.3. The SMILES string of the molecule is CN(Cc1cccc(F)c1)C(=O)CN1CCN(C(=O)c2ccccc2)CC1. The number of benzene rings is 2. The second-order valence-corrected chi connectivity index (χ2v) is 6.81. The van der Waals surface area contributed by atoms with Gasteiger partial charge in [-0.15, -0.1) is 0 Å². The molecule has 0 N–H and O–H groups in total. The molecule has 27 heavy (non-hydrogen) atoms. The largest absolute Gasteiger partial charge is 0.340 e. The standard InChI is InChI=1S/C21H24FN3O2/c1-23(15-17-6-5-9-19(22)14-17)20(26)16-24-10-12-25(13-11-24)21(27)18-7-3-2-4-8-18/h2-9,14H,10-13,15-16H2,1H3. The molecular formula is C21H24FN3O2. The van der Waals surface area contributed by atoms with Crippen molar-refractivity contribution in [1.29, 1.82) is 0 Å². The Balaban J connectivity index is 1.47. The summed E-state index contributed by atoms with van der Waals surface area (Å²) in [4.78, 5) is 30.4. The number of carbonyl (C=O) groups is 2. The molecule has 0 aliphatic carbocycles. The summed E-state index contributed by atoms with van der Waals surface area (Å²) in [5, 5.41) is 0. The van der Waals surface area contributed by atoms with Gasteiger partial charge in [0.2, 0.25) is 5.91 Å². The molecule has 1 aliphatic rings. The van der Waals surface area contributed by atoms with Crippen molar-refractivity contribution < 1.29 is 14.0 Å². The molecule has 6 heteroatoms. The van der Waals surface area contributed by atoms with Crippen LogP contribution in [0.2, 0.25) is 0 Å². The van der Waals surface area contributed by atoms with Crippen LogP contribution in [0.25, 0.3) is 0 Å². The maximum atomic E-state index is 13.3. The molecule has 1 heterocycles. The minimum Gasteiger partial charge on any atom is -0.340 e. The number of rotatable bonds is 5. The van der Waals surface area contributed by atoms with E-state index in [-0.39, 0.29) is 17.6 Å². The normalized spacial score (nSPS) is 14.8. The van der Waals surface area contributed by atoms with Crippen LogP contribution in [-0.2, 0) is 11.3 Å². The van der Waals surface area contributed by atoms with Gasteiger partial charge in [0, 0.05) is 45.3 Å². The van der Waals surface area contributed by atoms with E-state index in [0.717, 1.165) is 5.56 Å². The Kier molecular flexibility index (Phi) is 6.19. The topological polar surface area (TPSA) is 43.9 Å². The Hall–Kier alpha value is -2.73. The van der Waals surface area contributed by atoms with Crippen molar-refractivity contribution in [3.8, 4) is 0 Å². The van der Waals surface area contributed by atoms with Crippen LogP contribution in [0, 0.1) is 5.82 Å². The molecular weight excluding hydrogens is 345 g/mol. The minimum atomic E-state index is -0.299. The maximum Gasteiger partial charge on any atom is 0.253 e. The van der Waals surface area contributed by atoms with Crippen molar-refractivity contribution in [2.45, 2.75) is 6.54 Å². The first kappa shape index (κ1) is 19.0. The van der Waals surface area contributed by atoms with E-state index in [9.17, 15) is 14.0 Å². The summed E-state index contributed by atoms with van der Waals surface area (Å²) in [6, 6.07) is 15.5. The molecule has 0 unspecified atom stereocenters. The van der Waals surface area contributed by atoms with Gasteiger partial charge in [0.15, 0.2) is 0 Å². The van der Waals surface area contributed by atoms with E-state index < -0.39 is 0 Å². The van der Waals surface area contributed by atoms with Gasteiger partial charge in [-0.25, -0.2) is 4.39 Å². The van der Waals surface area contributed by atoms with Gasteiger partial charge in [-0.1, -0.05) is 30.3 Å². The Bertz CT molecular complexity index is 789. The molecule has 3 rings (SSSR count). The average molecular weight is 369 g/mol. The molecule has 0 atom stereocenters. The van der Waals surface area contributed by atoms with Crippen LogP contribution >= 0.6 is 0 Å². The highest BCUT2D eigenvalue weighted by atomic mass is 19.1. The van der Waals surface area contributed by atoms with Crippen LogP contribution in [0.1, 0.15) is 15.9 Å². The Labute approximate surface area is 159 Å². The van der Waals surface area contributed by atoms with Gasteiger partial charge in [-0.3, -0.25) is 14.5 Å². The first-order valence-electron chi connectivity index (χ1n) is 9.08. The number of hydrogen-bond acceptors (Lipinski definition) is 3. The van der Waals surface area contributed by atoms with Gasteiger partial charge in [0.05, 0.1) is 6.54 Å². The predicted molar refractivity (Wildman–Crippen MR) is 102 cm³/mol. The summed E-state index contributed by atoms with van der Waals surface area (Å²) in [5.41, 5.74) is 1.46. The summed E-state index contributed by atoms with van der Waals surface area (Å²) in [5.74, 6) is -0.278. The molecule has 1 fully saturated rings. The number of nitrogens with zero attached hydrogens (tertiary/aromatic N) is 3. The van der Waals surface area contributed by atoms with Crippen molar-refractivity contribution in [1.82, 2.24) is 14.7 Å². The van der Waals surface area contributed by atoms with Crippen molar-refractivity contribution in [2.24, 2.45) is 0 Å². The Morgan fingerprint density at radius 1 is 1.00 bits per heavy atom. The monoisotopic (exact) mass is 369 g/mol. The summed E-state index contributed by atoms with van der Waals surface area (Å²) in [7, 11) is 1.72. The van der Waals surface area contributed by atoms with E-state index in [1.165, 1.54) is 12.1 Å². The number of hydrogen-bond donors (Lipinski definition) is 0. The smallest absolute Gasteiger partial charge is 0.253 e. The second-order valence-electron chi connectivity index (χ2n) is 6.81. The summed E-state index contributed by atoms with van der Waals surface area (Å²) in [6.07, 6.45) is 0. The van der Waals surface area contributed by atoms with Gasteiger partial charge >= 0.3 is 0 Å². The van der Waals surface area contributed by atoms with Crippen LogP contribution in [0.5, 0.6) is 0 Å². The van der Waals surface area contributed by atoms with Crippen molar-refractivity contribution >= 4 is 11.8 Å². The fourth-order valence-electron chi connectivity index (χ4n) is 3.18. The van der Waals surface area contributed by atoms with Crippen LogP contribution in [0.4, 0.5) is 4.39 Å². The molecule has 0 aromatic heterocycles. The average Bonchev–Trinajstić information content (AvgIpc) is 2.68. The van der Waals surface area contributed by atoms with Gasteiger partial charge in [-0.2, -0.15) is 0 Å². The lowest BCUT2D eigenvalue weighted by molar-refractivity contribution is -0.132. The minimum absolute atomic E-state index is 0.0119. The Morgan fingerprint density at radius 3 is 2.37 bits per heavy atom. The zero-order valence-electron chi connectivity index (χ0n) is 15.5. The first-order valence-corrected chi connectivity index (χ1v) is 9.08. The number of piperazine rings is 1. The quantitative estimate of drug-likeness (QED) is 0.812. The molecule has 0 saturated carbocycles. The molecule has 0 spiro atoms. The number of amides is 2. The van der Waals surface area contributed by atoms with Crippen LogP contribution in [0.15, 0.2) is 54.6 Å². The Morgan fingerprint density at radius 2 is 1.70 bits per heavy atom. The number of halogens is 1. The van der Waals surface area contributed by atoms with Crippen molar-refractivity contribution in [3.05, 3.63) is 71.5 Å². The van der Waals surface area contributed by atoms with E-state index in [4.69, 9.17) is 0 Å². The molecule has 0 bridgehead atoms. The molecule has 2 aromatic rings. The predicted octanol–water partition coefficient (Wildman–Crippen LogP) is 2.24. The molecule has 1 saturated heterocycles. The van der Waals surface area contributed by atoms with Gasteiger partial charge < -0.3 is 9.80 Å². The van der Waals surface area contributed by atoms with Gasteiger partial charge in [0.1, 0.15) is 5.82 Å². The lowest BCUT2D eigenvalue weighted by Gasteiger charge is -2.35. The van der Waals surface area contributed by atoms with E-state index in [1.54, 1.807) is 24.1 Å². The number of likely N-dealkylation sites (N-methyl/N-ethyl adjacent to an activating group) is 1.